The standard InChI is InChI=1S/C17H19F3N4O2S/c1-12-4-2-3-5-13(12)14(25)10-27-16-22-21-15(23-6-8-26-9-7-23)24(16)11-17(18,19)20/h2-5H,6-11H2,1H3. The molecule has 10 heteroatoms. The maximum absolute atomic E-state index is 13.1. The number of carbonyl (C=O) groups is 1. The summed E-state index contributed by atoms with van der Waals surface area (Å²) >= 11 is 0.966. The Balaban J connectivity index is 1.79. The van der Waals surface area contributed by atoms with Crippen LogP contribution in [-0.2, 0) is 11.3 Å². The van der Waals surface area contributed by atoms with Crippen LogP contribution in [0.5, 0.6) is 0 Å². The van der Waals surface area contributed by atoms with Gasteiger partial charge in [0, 0.05) is 18.7 Å². The number of Topliss-reactive ketones (excluding diaryl/α,β-unsaturated/α-hetero) is 1. The number of nitrogens with zero attached hydrogens (tertiary/aromatic N) is 4. The SMILES string of the molecule is Cc1ccccc1C(=O)CSc1nnc(N2CCOCC2)n1CC(F)(F)F. The van der Waals surface area contributed by atoms with Crippen LogP contribution in [0.15, 0.2) is 29.4 Å². The average molecular weight is 400 g/mol. The van der Waals surface area contributed by atoms with Gasteiger partial charge < -0.3 is 9.64 Å². The highest BCUT2D eigenvalue weighted by Gasteiger charge is 2.33. The summed E-state index contributed by atoms with van der Waals surface area (Å²) < 4.78 is 45.5. The zero-order chi connectivity index (χ0) is 19.4. The highest BCUT2D eigenvalue weighted by atomic mass is 32.2. The lowest BCUT2D eigenvalue weighted by atomic mass is 10.1. The van der Waals surface area contributed by atoms with Gasteiger partial charge in [-0.05, 0) is 12.5 Å². The van der Waals surface area contributed by atoms with E-state index in [1.165, 1.54) is 0 Å². The quantitative estimate of drug-likeness (QED) is 0.549. The lowest BCUT2D eigenvalue weighted by Gasteiger charge is -2.28. The van der Waals surface area contributed by atoms with Crippen LogP contribution in [0, 0.1) is 6.92 Å². The minimum Gasteiger partial charge on any atom is -0.378 e. The van der Waals surface area contributed by atoms with Crippen LogP contribution in [-0.4, -0.2) is 58.8 Å². The number of aromatic nitrogens is 3. The Morgan fingerprint density at radius 3 is 2.59 bits per heavy atom. The number of benzene rings is 1. The predicted octanol–water partition coefficient (Wildman–Crippen LogP) is 2.96. The molecule has 0 atom stereocenters. The highest BCUT2D eigenvalue weighted by molar-refractivity contribution is 7.99. The molecule has 0 spiro atoms. The Bertz CT molecular complexity index is 804. The van der Waals surface area contributed by atoms with E-state index in [-0.39, 0.29) is 22.6 Å². The molecule has 1 aliphatic heterocycles. The minimum atomic E-state index is -4.42. The molecule has 0 saturated carbocycles. The van der Waals surface area contributed by atoms with Crippen LogP contribution in [0.3, 0.4) is 0 Å². The third-order valence-corrected chi connectivity index (χ3v) is 5.07. The fourth-order valence-corrected chi connectivity index (χ4v) is 3.61. The fraction of sp³-hybridized carbons (Fsp3) is 0.471. The third-order valence-electron chi connectivity index (χ3n) is 4.11. The van der Waals surface area contributed by atoms with Crippen LogP contribution in [0.25, 0.3) is 0 Å². The summed E-state index contributed by atoms with van der Waals surface area (Å²) in [5.74, 6) is -0.0155. The summed E-state index contributed by atoms with van der Waals surface area (Å²) in [7, 11) is 0. The molecule has 1 aromatic heterocycles. The minimum absolute atomic E-state index is 0.00997. The largest absolute Gasteiger partial charge is 0.406 e. The molecule has 1 fully saturated rings. The first-order valence-electron chi connectivity index (χ1n) is 8.39. The van der Waals surface area contributed by atoms with E-state index in [0.29, 0.717) is 31.9 Å². The van der Waals surface area contributed by atoms with Crippen molar-refractivity contribution in [1.82, 2.24) is 14.8 Å². The summed E-state index contributed by atoms with van der Waals surface area (Å²) in [6.45, 7) is 2.36. The van der Waals surface area contributed by atoms with Crippen molar-refractivity contribution >= 4 is 23.5 Å². The summed E-state index contributed by atoms with van der Waals surface area (Å²) in [6.07, 6.45) is -4.42. The summed E-state index contributed by atoms with van der Waals surface area (Å²) in [5.41, 5.74) is 1.38. The van der Waals surface area contributed by atoms with E-state index in [1.807, 2.05) is 19.1 Å². The van der Waals surface area contributed by atoms with E-state index < -0.39 is 12.7 Å². The van der Waals surface area contributed by atoms with E-state index >= 15 is 0 Å². The Morgan fingerprint density at radius 1 is 1.22 bits per heavy atom. The van der Waals surface area contributed by atoms with Crippen LogP contribution < -0.4 is 4.90 Å². The molecule has 1 saturated heterocycles. The highest BCUT2D eigenvalue weighted by Crippen LogP contribution is 2.28. The lowest BCUT2D eigenvalue weighted by Crippen LogP contribution is -2.38. The molecule has 0 N–H and O–H groups in total. The van der Waals surface area contributed by atoms with E-state index in [9.17, 15) is 18.0 Å². The molecule has 3 rings (SSSR count). The maximum Gasteiger partial charge on any atom is 0.406 e. The van der Waals surface area contributed by atoms with Gasteiger partial charge in [0.1, 0.15) is 6.54 Å². The van der Waals surface area contributed by atoms with Crippen LogP contribution >= 0.6 is 11.8 Å². The van der Waals surface area contributed by atoms with E-state index in [0.717, 1.165) is 21.9 Å². The molecule has 2 heterocycles. The molecule has 1 aromatic carbocycles. The molecule has 6 nitrogen and oxygen atoms in total. The van der Waals surface area contributed by atoms with Gasteiger partial charge in [-0.15, -0.1) is 10.2 Å². The summed E-state index contributed by atoms with van der Waals surface area (Å²) in [6, 6.07) is 7.11. The van der Waals surface area contributed by atoms with Crippen LogP contribution in [0.2, 0.25) is 0 Å². The number of thioether (sulfide) groups is 1. The van der Waals surface area contributed by atoms with Crippen LogP contribution in [0.1, 0.15) is 15.9 Å². The van der Waals surface area contributed by atoms with Crippen molar-refractivity contribution in [3.05, 3.63) is 35.4 Å². The Hall–Kier alpha value is -2.07. The molecule has 0 unspecified atom stereocenters. The molecule has 27 heavy (non-hydrogen) atoms. The van der Waals surface area contributed by atoms with Crippen LogP contribution in [0.4, 0.5) is 19.1 Å². The molecule has 0 radical (unpaired) electrons. The van der Waals surface area contributed by atoms with Gasteiger partial charge in [-0.25, -0.2) is 0 Å². The van der Waals surface area contributed by atoms with E-state index in [2.05, 4.69) is 10.2 Å². The average Bonchev–Trinajstić information content (AvgIpc) is 3.01. The van der Waals surface area contributed by atoms with Gasteiger partial charge in [0.05, 0.1) is 19.0 Å². The number of ketones is 1. The number of alkyl halides is 3. The van der Waals surface area contributed by atoms with E-state index in [1.54, 1.807) is 17.0 Å². The van der Waals surface area contributed by atoms with Gasteiger partial charge in [-0.3, -0.25) is 9.36 Å². The Kier molecular flexibility index (Phi) is 6.05. The van der Waals surface area contributed by atoms with Crippen molar-refractivity contribution in [2.45, 2.75) is 24.8 Å². The van der Waals surface area contributed by atoms with Crippen molar-refractivity contribution in [2.75, 3.05) is 37.0 Å². The summed E-state index contributed by atoms with van der Waals surface area (Å²) in [4.78, 5) is 14.1. The lowest BCUT2D eigenvalue weighted by molar-refractivity contribution is -0.141. The van der Waals surface area contributed by atoms with Crippen molar-refractivity contribution < 1.29 is 22.7 Å². The smallest absolute Gasteiger partial charge is 0.378 e. The monoisotopic (exact) mass is 400 g/mol. The number of hydrogen-bond donors (Lipinski definition) is 0. The zero-order valence-electron chi connectivity index (χ0n) is 14.7. The third kappa shape index (κ3) is 5.01. The number of halogens is 3. The molecular formula is C17H19F3N4O2S. The zero-order valence-corrected chi connectivity index (χ0v) is 15.5. The van der Waals surface area contributed by atoms with Crippen molar-refractivity contribution in [3.8, 4) is 0 Å². The van der Waals surface area contributed by atoms with E-state index in [4.69, 9.17) is 4.74 Å². The maximum atomic E-state index is 13.1. The Morgan fingerprint density at radius 2 is 1.93 bits per heavy atom. The predicted molar refractivity (Wildman–Crippen MR) is 95.3 cm³/mol. The van der Waals surface area contributed by atoms with Crippen molar-refractivity contribution in [3.63, 3.8) is 0 Å². The second-order valence-electron chi connectivity index (χ2n) is 6.11. The summed E-state index contributed by atoms with van der Waals surface area (Å²) in [5, 5.41) is 7.93. The van der Waals surface area contributed by atoms with Gasteiger partial charge in [0.25, 0.3) is 0 Å². The van der Waals surface area contributed by atoms with Crippen molar-refractivity contribution in [2.24, 2.45) is 0 Å². The topological polar surface area (TPSA) is 60.3 Å². The first-order chi connectivity index (χ1) is 12.8. The first-order valence-corrected chi connectivity index (χ1v) is 9.38. The molecular weight excluding hydrogens is 381 g/mol. The number of morpholine rings is 1. The number of hydrogen-bond acceptors (Lipinski definition) is 6. The molecule has 0 amide bonds. The molecule has 0 aliphatic carbocycles. The van der Waals surface area contributed by atoms with Crippen molar-refractivity contribution in [1.29, 1.82) is 0 Å². The molecule has 1 aliphatic rings. The first kappa shape index (κ1) is 19.7. The Labute approximate surface area is 158 Å². The van der Waals surface area contributed by atoms with Gasteiger partial charge >= 0.3 is 6.18 Å². The molecule has 2 aromatic rings. The number of rotatable bonds is 6. The second-order valence-corrected chi connectivity index (χ2v) is 7.05. The van der Waals surface area contributed by atoms with Gasteiger partial charge in [0.2, 0.25) is 5.95 Å². The van der Waals surface area contributed by atoms with Gasteiger partial charge in [-0.1, -0.05) is 36.0 Å². The number of aryl methyl sites for hydroxylation is 1. The molecule has 0 bridgehead atoms. The fourth-order valence-electron chi connectivity index (χ4n) is 2.80. The second kappa shape index (κ2) is 8.30. The number of ether oxygens (including phenoxy) is 1. The molecule has 146 valence electrons. The number of carbonyl (C=O) groups excluding carboxylic acids is 1. The number of anilines is 1. The van der Waals surface area contributed by atoms with Gasteiger partial charge in [0.15, 0.2) is 10.9 Å². The normalized spacial score (nSPS) is 15.2. The van der Waals surface area contributed by atoms with Gasteiger partial charge in [-0.2, -0.15) is 13.2 Å².